The van der Waals surface area contributed by atoms with E-state index >= 15 is 0 Å². The number of rotatable bonds is 3. The first-order chi connectivity index (χ1) is 10.7. The van der Waals surface area contributed by atoms with Crippen molar-refractivity contribution in [1.82, 2.24) is 19.4 Å². The molecule has 0 bridgehead atoms. The SMILES string of the molecule is Cc1nc(CN2CCC[C@H]2c2nc3c(n2C)CCCC3)cs1. The van der Waals surface area contributed by atoms with Crippen molar-refractivity contribution in [3.8, 4) is 0 Å². The van der Waals surface area contributed by atoms with Gasteiger partial charge in [0.25, 0.3) is 0 Å². The summed E-state index contributed by atoms with van der Waals surface area (Å²) in [6.45, 7) is 4.22. The highest BCUT2D eigenvalue weighted by molar-refractivity contribution is 7.09. The number of aromatic nitrogens is 3. The maximum absolute atomic E-state index is 5.03. The number of aryl methyl sites for hydroxylation is 2. The Morgan fingerprint density at radius 3 is 2.86 bits per heavy atom. The molecule has 4 nitrogen and oxygen atoms in total. The van der Waals surface area contributed by atoms with Gasteiger partial charge in [-0.1, -0.05) is 0 Å². The number of hydrogen-bond acceptors (Lipinski definition) is 4. The standard InChI is InChI=1S/C17H24N4S/c1-12-18-13(11-22-12)10-21-9-5-8-16(21)17-19-14-6-3-4-7-15(14)20(17)2/h11,16H,3-10H2,1-2H3/t16-/m0/s1. The molecule has 2 aliphatic rings. The maximum Gasteiger partial charge on any atom is 0.126 e. The Balaban J connectivity index is 1.59. The molecule has 3 heterocycles. The van der Waals surface area contributed by atoms with Crippen molar-refractivity contribution >= 4 is 11.3 Å². The lowest BCUT2D eigenvalue weighted by atomic mass is 10.0. The molecule has 5 heteroatoms. The van der Waals surface area contributed by atoms with Crippen molar-refractivity contribution in [3.63, 3.8) is 0 Å². The summed E-state index contributed by atoms with van der Waals surface area (Å²) < 4.78 is 2.39. The van der Waals surface area contributed by atoms with Crippen LogP contribution in [0.25, 0.3) is 0 Å². The number of imidazole rings is 1. The highest BCUT2D eigenvalue weighted by atomic mass is 32.1. The van der Waals surface area contributed by atoms with Gasteiger partial charge in [-0.3, -0.25) is 4.90 Å². The summed E-state index contributed by atoms with van der Waals surface area (Å²) in [5.41, 5.74) is 4.06. The summed E-state index contributed by atoms with van der Waals surface area (Å²) in [6, 6.07) is 0.470. The molecule has 0 spiro atoms. The fourth-order valence-corrected chi connectivity index (χ4v) is 4.61. The molecule has 0 saturated carbocycles. The van der Waals surface area contributed by atoms with Gasteiger partial charge in [0.2, 0.25) is 0 Å². The van der Waals surface area contributed by atoms with Crippen LogP contribution in [0.5, 0.6) is 0 Å². The van der Waals surface area contributed by atoms with Gasteiger partial charge >= 0.3 is 0 Å². The maximum atomic E-state index is 5.03. The molecule has 0 unspecified atom stereocenters. The van der Waals surface area contributed by atoms with Gasteiger partial charge in [-0.25, -0.2) is 9.97 Å². The van der Waals surface area contributed by atoms with Crippen LogP contribution in [0.3, 0.4) is 0 Å². The van der Waals surface area contributed by atoms with Crippen molar-refractivity contribution in [2.75, 3.05) is 6.54 Å². The average molecular weight is 316 g/mol. The molecule has 1 atom stereocenters. The van der Waals surface area contributed by atoms with Gasteiger partial charge in [-0.15, -0.1) is 11.3 Å². The molecule has 1 fully saturated rings. The second-order valence-corrected chi connectivity index (χ2v) is 7.68. The second-order valence-electron chi connectivity index (χ2n) is 6.62. The highest BCUT2D eigenvalue weighted by Gasteiger charge is 2.31. The van der Waals surface area contributed by atoms with Crippen LogP contribution < -0.4 is 0 Å². The first kappa shape index (κ1) is 14.4. The van der Waals surface area contributed by atoms with E-state index in [-0.39, 0.29) is 0 Å². The molecule has 0 amide bonds. The molecular weight excluding hydrogens is 292 g/mol. The van der Waals surface area contributed by atoms with Crippen molar-refractivity contribution < 1.29 is 0 Å². The van der Waals surface area contributed by atoms with Crippen LogP contribution in [0.15, 0.2) is 5.38 Å². The van der Waals surface area contributed by atoms with Crippen LogP contribution in [0, 0.1) is 6.92 Å². The Hall–Kier alpha value is -1.20. The average Bonchev–Trinajstić information content (AvgIpc) is 3.21. The predicted molar refractivity (Wildman–Crippen MR) is 89.1 cm³/mol. The minimum atomic E-state index is 0.470. The fraction of sp³-hybridized carbons (Fsp3) is 0.647. The zero-order valence-electron chi connectivity index (χ0n) is 13.5. The lowest BCUT2D eigenvalue weighted by Crippen LogP contribution is -2.25. The Bertz CT molecular complexity index is 672. The van der Waals surface area contributed by atoms with Crippen LogP contribution in [0.4, 0.5) is 0 Å². The zero-order chi connectivity index (χ0) is 15.1. The summed E-state index contributed by atoms with van der Waals surface area (Å²) in [5, 5.41) is 3.37. The Morgan fingerprint density at radius 1 is 1.23 bits per heavy atom. The number of fused-ring (bicyclic) bond motifs is 1. The molecule has 0 aromatic carbocycles. The summed E-state index contributed by atoms with van der Waals surface area (Å²) in [4.78, 5) is 12.2. The number of nitrogens with zero attached hydrogens (tertiary/aromatic N) is 4. The van der Waals surface area contributed by atoms with E-state index in [1.54, 1.807) is 11.3 Å². The molecule has 1 saturated heterocycles. The molecule has 0 N–H and O–H groups in total. The van der Waals surface area contributed by atoms with Gasteiger partial charge in [0.15, 0.2) is 0 Å². The Morgan fingerprint density at radius 2 is 2.09 bits per heavy atom. The smallest absolute Gasteiger partial charge is 0.126 e. The van der Waals surface area contributed by atoms with Crippen molar-refractivity contribution in [2.45, 2.75) is 58.0 Å². The van der Waals surface area contributed by atoms with E-state index in [2.05, 4.69) is 33.8 Å². The molecule has 1 aliphatic carbocycles. The highest BCUT2D eigenvalue weighted by Crippen LogP contribution is 2.34. The van der Waals surface area contributed by atoms with E-state index in [0.717, 1.165) is 6.54 Å². The van der Waals surface area contributed by atoms with E-state index in [1.165, 1.54) is 73.0 Å². The molecule has 1 aliphatic heterocycles. The van der Waals surface area contributed by atoms with Gasteiger partial charge in [-0.05, 0) is 52.0 Å². The van der Waals surface area contributed by atoms with Crippen LogP contribution in [-0.2, 0) is 26.4 Å². The van der Waals surface area contributed by atoms with E-state index in [9.17, 15) is 0 Å². The predicted octanol–water partition coefficient (Wildman–Crippen LogP) is 3.40. The molecule has 2 aromatic rings. The fourth-order valence-electron chi connectivity index (χ4n) is 4.00. The summed E-state index contributed by atoms with van der Waals surface area (Å²) in [6.07, 6.45) is 7.49. The van der Waals surface area contributed by atoms with Gasteiger partial charge in [-0.2, -0.15) is 0 Å². The molecule has 118 valence electrons. The Labute approximate surface area is 136 Å². The lowest BCUT2D eigenvalue weighted by molar-refractivity contribution is 0.234. The Kier molecular flexibility index (Phi) is 3.78. The van der Waals surface area contributed by atoms with Crippen molar-refractivity contribution in [3.05, 3.63) is 33.3 Å². The first-order valence-electron chi connectivity index (χ1n) is 8.42. The lowest BCUT2D eigenvalue weighted by Gasteiger charge is -2.23. The van der Waals surface area contributed by atoms with E-state index in [0.29, 0.717) is 6.04 Å². The second kappa shape index (κ2) is 5.78. The third-order valence-electron chi connectivity index (χ3n) is 5.10. The summed E-state index contributed by atoms with van der Waals surface area (Å²) in [5.74, 6) is 1.29. The van der Waals surface area contributed by atoms with Crippen molar-refractivity contribution in [2.24, 2.45) is 7.05 Å². The first-order valence-corrected chi connectivity index (χ1v) is 9.30. The van der Waals surface area contributed by atoms with Crippen molar-refractivity contribution in [1.29, 1.82) is 0 Å². The normalized spacial score (nSPS) is 22.2. The third-order valence-corrected chi connectivity index (χ3v) is 5.92. The van der Waals surface area contributed by atoms with E-state index in [4.69, 9.17) is 4.98 Å². The van der Waals surface area contributed by atoms with Crippen LogP contribution in [0.2, 0.25) is 0 Å². The monoisotopic (exact) mass is 316 g/mol. The quantitative estimate of drug-likeness (QED) is 0.870. The largest absolute Gasteiger partial charge is 0.334 e. The van der Waals surface area contributed by atoms with Crippen LogP contribution in [-0.4, -0.2) is 26.0 Å². The van der Waals surface area contributed by atoms with Gasteiger partial charge < -0.3 is 4.57 Å². The molecular formula is C17H24N4S. The minimum absolute atomic E-state index is 0.470. The molecule has 4 rings (SSSR count). The van der Waals surface area contributed by atoms with E-state index < -0.39 is 0 Å². The molecule has 0 radical (unpaired) electrons. The topological polar surface area (TPSA) is 34.0 Å². The summed E-state index contributed by atoms with van der Waals surface area (Å²) >= 11 is 1.75. The van der Waals surface area contributed by atoms with Crippen LogP contribution >= 0.6 is 11.3 Å². The van der Waals surface area contributed by atoms with Gasteiger partial charge in [0, 0.05) is 24.7 Å². The molecule has 2 aromatic heterocycles. The van der Waals surface area contributed by atoms with Gasteiger partial charge in [0.05, 0.1) is 22.4 Å². The van der Waals surface area contributed by atoms with E-state index in [1.807, 2.05) is 0 Å². The number of likely N-dealkylation sites (tertiary alicyclic amines) is 1. The number of hydrogen-bond donors (Lipinski definition) is 0. The zero-order valence-corrected chi connectivity index (χ0v) is 14.3. The molecule has 22 heavy (non-hydrogen) atoms. The van der Waals surface area contributed by atoms with Gasteiger partial charge in [0.1, 0.15) is 5.82 Å². The minimum Gasteiger partial charge on any atom is -0.334 e. The number of thiazole rings is 1. The van der Waals surface area contributed by atoms with Crippen LogP contribution in [0.1, 0.15) is 59.6 Å². The summed E-state index contributed by atoms with van der Waals surface area (Å²) in [7, 11) is 2.22. The third kappa shape index (κ3) is 2.50.